The van der Waals surface area contributed by atoms with Gasteiger partial charge < -0.3 is 0 Å². The summed E-state index contributed by atoms with van der Waals surface area (Å²) in [5, 5.41) is 0. The molecular weight excluding hydrogens is 307 g/mol. The average molecular weight is 314 g/mol. The fourth-order valence-corrected chi connectivity index (χ4v) is 0.778. The first-order chi connectivity index (χ1) is 3.80. The summed E-state index contributed by atoms with van der Waals surface area (Å²) in [6.45, 7) is 0. The molecule has 4 heteroatoms. The Kier molecular flexibility index (Phi) is 8.38. The first-order valence-corrected chi connectivity index (χ1v) is 2.86. The van der Waals surface area contributed by atoms with Gasteiger partial charge in [-0.25, -0.2) is 0 Å². The van der Waals surface area contributed by atoms with Crippen LogP contribution in [-0.2, 0) is 20.5 Å². The van der Waals surface area contributed by atoms with Crippen LogP contribution in [0.1, 0.15) is 6.42 Å². The molecule has 0 aromatic heterocycles. The van der Waals surface area contributed by atoms with Crippen LogP contribution in [-0.4, -0.2) is 4.72 Å². The number of allylic oxidation sites excluding steroid dienone is 4. The number of rotatable bonds is 1. The minimum absolute atomic E-state index is 0. The van der Waals surface area contributed by atoms with Crippen LogP contribution >= 0.6 is 34.0 Å². The molecule has 0 N–H and O–H groups in total. The molecule has 0 aromatic rings. The van der Waals surface area contributed by atoms with E-state index >= 15 is 0 Å². The molecule has 1 aliphatic rings. The minimum atomic E-state index is -0.123. The van der Waals surface area contributed by atoms with Gasteiger partial charge in [0.2, 0.25) is 0 Å². The molecular formula is C6H7Br2CoO. The van der Waals surface area contributed by atoms with Crippen molar-refractivity contribution in [3.63, 3.8) is 0 Å². The van der Waals surface area contributed by atoms with Gasteiger partial charge in [-0.1, -0.05) is 0 Å². The van der Waals surface area contributed by atoms with E-state index in [1.807, 2.05) is 12.2 Å². The van der Waals surface area contributed by atoms with Gasteiger partial charge in [0, 0.05) is 0 Å². The molecule has 10 heavy (non-hydrogen) atoms. The molecule has 0 saturated carbocycles. The van der Waals surface area contributed by atoms with Crippen LogP contribution in [0.4, 0.5) is 0 Å². The molecule has 0 radical (unpaired) electrons. The average Bonchev–Trinajstić information content (AvgIpc) is 2.12. The number of hydrogen-bond acceptors (Lipinski definition) is 1. The van der Waals surface area contributed by atoms with Crippen molar-refractivity contribution < 1.29 is 20.5 Å². The summed E-state index contributed by atoms with van der Waals surface area (Å²) in [5.74, 6) is 0. The fraction of sp³-hybridized carbons (Fsp3) is 0.167. The molecule has 0 amide bonds. The van der Waals surface area contributed by atoms with Gasteiger partial charge in [0.05, 0.1) is 0 Å². The van der Waals surface area contributed by atoms with Crippen molar-refractivity contribution in [2.75, 3.05) is 0 Å². The summed E-state index contributed by atoms with van der Waals surface area (Å²) in [7, 11) is 0. The summed E-state index contributed by atoms with van der Waals surface area (Å²) in [6, 6.07) is 0. The molecule has 0 saturated heterocycles. The van der Waals surface area contributed by atoms with Crippen LogP contribution in [0.3, 0.4) is 0 Å². The SMILES string of the molecule is Br.Br.O=[C]([Co])C1=CC=CC1. The zero-order chi connectivity index (χ0) is 5.98. The molecule has 1 aliphatic carbocycles. The zero-order valence-electron chi connectivity index (χ0n) is 5.00. The van der Waals surface area contributed by atoms with Crippen molar-refractivity contribution in [2.24, 2.45) is 0 Å². The molecule has 0 heterocycles. The Balaban J connectivity index is 0. The van der Waals surface area contributed by atoms with E-state index in [1.54, 1.807) is 6.08 Å². The van der Waals surface area contributed by atoms with Crippen molar-refractivity contribution in [3.8, 4) is 0 Å². The molecule has 1 nitrogen and oxygen atoms in total. The van der Waals surface area contributed by atoms with Gasteiger partial charge in [-0.3, -0.25) is 0 Å². The second-order valence-corrected chi connectivity index (χ2v) is 2.05. The molecule has 0 atom stereocenters. The Hall–Kier alpha value is 0.616. The van der Waals surface area contributed by atoms with Crippen LogP contribution in [0.15, 0.2) is 23.8 Å². The Labute approximate surface area is 89.1 Å². The van der Waals surface area contributed by atoms with Gasteiger partial charge in [-0.2, -0.15) is 0 Å². The van der Waals surface area contributed by atoms with Gasteiger partial charge >= 0.3 is 55.5 Å². The third-order valence-electron chi connectivity index (χ3n) is 1.01. The number of carbonyl (C=O) groups is 1. The first kappa shape index (κ1) is 13.2. The van der Waals surface area contributed by atoms with E-state index in [4.69, 9.17) is 0 Å². The summed E-state index contributed by atoms with van der Waals surface area (Å²) in [6.07, 6.45) is 6.33. The van der Waals surface area contributed by atoms with Crippen LogP contribution in [0.25, 0.3) is 0 Å². The summed E-state index contributed by atoms with van der Waals surface area (Å²) < 4.78 is -0.123. The van der Waals surface area contributed by atoms with E-state index in [0.29, 0.717) is 0 Å². The monoisotopic (exact) mass is 312 g/mol. The quantitative estimate of drug-likeness (QED) is 0.724. The molecule has 0 fully saturated rings. The van der Waals surface area contributed by atoms with Crippen molar-refractivity contribution in [3.05, 3.63) is 23.8 Å². The Morgan fingerprint density at radius 2 is 2.10 bits per heavy atom. The maximum atomic E-state index is 10.4. The second kappa shape index (κ2) is 6.33. The van der Waals surface area contributed by atoms with Crippen LogP contribution in [0, 0.1) is 0 Å². The van der Waals surface area contributed by atoms with Crippen molar-refractivity contribution in [1.82, 2.24) is 0 Å². The second-order valence-electron chi connectivity index (χ2n) is 1.58. The maximum absolute atomic E-state index is 10.4. The predicted octanol–water partition coefficient (Wildman–Crippen LogP) is 2.10. The van der Waals surface area contributed by atoms with Gasteiger partial charge in [0.25, 0.3) is 0 Å². The summed E-state index contributed by atoms with van der Waals surface area (Å²) >= 11 is 3.69. The van der Waals surface area contributed by atoms with Gasteiger partial charge in [0.1, 0.15) is 0 Å². The topological polar surface area (TPSA) is 17.1 Å². The predicted molar refractivity (Wildman–Crippen MR) is 47.5 cm³/mol. The van der Waals surface area contributed by atoms with E-state index in [0.717, 1.165) is 12.0 Å². The van der Waals surface area contributed by atoms with Crippen molar-refractivity contribution in [2.45, 2.75) is 6.42 Å². The molecule has 0 unspecified atom stereocenters. The number of hydrogen-bond donors (Lipinski definition) is 0. The summed E-state index contributed by atoms with van der Waals surface area (Å²) in [5.41, 5.74) is 0.782. The first-order valence-electron chi connectivity index (χ1n) is 2.34. The Morgan fingerprint density at radius 3 is 2.30 bits per heavy atom. The fourth-order valence-electron chi connectivity index (χ4n) is 0.585. The molecule has 0 aliphatic heterocycles. The third-order valence-corrected chi connectivity index (χ3v) is 1.34. The van der Waals surface area contributed by atoms with Crippen molar-refractivity contribution >= 4 is 38.7 Å². The van der Waals surface area contributed by atoms with Gasteiger partial charge in [-0.15, -0.1) is 34.0 Å². The van der Waals surface area contributed by atoms with E-state index in [-0.39, 0.29) is 38.7 Å². The van der Waals surface area contributed by atoms with E-state index in [9.17, 15) is 4.79 Å². The third kappa shape index (κ3) is 3.70. The molecule has 0 aromatic carbocycles. The van der Waals surface area contributed by atoms with Crippen molar-refractivity contribution in [1.29, 1.82) is 0 Å². The zero-order valence-corrected chi connectivity index (χ0v) is 9.46. The Morgan fingerprint density at radius 1 is 1.50 bits per heavy atom. The molecule has 60 valence electrons. The molecule has 1 rings (SSSR count). The number of carbonyl (C=O) groups excluding carboxylic acids is 1. The van der Waals surface area contributed by atoms with Crippen LogP contribution in [0.2, 0.25) is 0 Å². The van der Waals surface area contributed by atoms with Crippen LogP contribution < -0.4 is 0 Å². The standard InChI is InChI=1S/C6H5O.2BrH.Co/c7-5-6-3-1-2-4-6;;;/h1-3H,4H2;2*1H;. The van der Waals surface area contributed by atoms with Gasteiger partial charge in [-0.05, 0) is 0 Å². The normalized spacial score (nSPS) is 13.2. The Bertz CT molecular complexity index is 175. The number of halogens is 2. The van der Waals surface area contributed by atoms with E-state index in [1.165, 1.54) is 0 Å². The van der Waals surface area contributed by atoms with Gasteiger partial charge in [0.15, 0.2) is 0 Å². The van der Waals surface area contributed by atoms with Crippen LogP contribution in [0.5, 0.6) is 0 Å². The molecule has 0 spiro atoms. The van der Waals surface area contributed by atoms with E-state index in [2.05, 4.69) is 15.7 Å². The van der Waals surface area contributed by atoms with E-state index < -0.39 is 0 Å². The summed E-state index contributed by atoms with van der Waals surface area (Å²) in [4.78, 5) is 10.4. The molecule has 0 bridgehead atoms.